The Kier molecular flexibility index (Phi) is 3.17. The molecule has 0 atom stereocenters. The third kappa shape index (κ3) is 2.25. The molecule has 2 aromatic heterocycles. The van der Waals surface area contributed by atoms with Gasteiger partial charge in [-0.25, -0.2) is 9.67 Å². The van der Waals surface area contributed by atoms with Crippen molar-refractivity contribution in [2.24, 2.45) is 7.05 Å². The lowest BCUT2D eigenvalue weighted by Gasteiger charge is -2.08. The maximum Gasteiger partial charge on any atom is 0.163 e. The number of aromatic nitrogens is 4. The first-order valence-corrected chi connectivity index (χ1v) is 7.64. The highest BCUT2D eigenvalue weighted by Crippen LogP contribution is 2.27. The molecule has 0 fully saturated rings. The molecule has 0 spiro atoms. The first-order valence-electron chi connectivity index (χ1n) is 7.64. The van der Waals surface area contributed by atoms with E-state index < -0.39 is 0 Å². The SMILES string of the molecule is Cc1cccc(-n2nc(C#N)cc2-c2ccc3c(c2)ncn3C)c1. The molecule has 0 aliphatic rings. The summed E-state index contributed by atoms with van der Waals surface area (Å²) in [5.74, 6) is 0. The van der Waals surface area contributed by atoms with E-state index in [-0.39, 0.29) is 0 Å². The van der Waals surface area contributed by atoms with Crippen molar-refractivity contribution >= 4 is 11.0 Å². The van der Waals surface area contributed by atoms with Crippen molar-refractivity contribution in [2.75, 3.05) is 0 Å². The van der Waals surface area contributed by atoms with Crippen molar-refractivity contribution in [3.63, 3.8) is 0 Å². The second-order valence-electron chi connectivity index (χ2n) is 5.84. The molecule has 0 radical (unpaired) electrons. The molecule has 0 aliphatic carbocycles. The van der Waals surface area contributed by atoms with Gasteiger partial charge in [0, 0.05) is 18.7 Å². The zero-order valence-electron chi connectivity index (χ0n) is 13.4. The van der Waals surface area contributed by atoms with Gasteiger partial charge in [0.15, 0.2) is 5.69 Å². The van der Waals surface area contributed by atoms with Crippen LogP contribution in [0.3, 0.4) is 0 Å². The van der Waals surface area contributed by atoms with Crippen molar-refractivity contribution in [1.29, 1.82) is 5.26 Å². The van der Waals surface area contributed by atoms with E-state index in [0.29, 0.717) is 5.69 Å². The molecule has 0 N–H and O–H groups in total. The van der Waals surface area contributed by atoms with E-state index in [2.05, 4.69) is 22.2 Å². The first-order chi connectivity index (χ1) is 11.7. The van der Waals surface area contributed by atoms with E-state index in [1.165, 1.54) is 0 Å². The third-order valence-electron chi connectivity index (χ3n) is 4.09. The summed E-state index contributed by atoms with van der Waals surface area (Å²) < 4.78 is 3.80. The zero-order valence-corrected chi connectivity index (χ0v) is 13.4. The maximum atomic E-state index is 9.26. The lowest BCUT2D eigenvalue weighted by molar-refractivity contribution is 0.879. The molecule has 116 valence electrons. The molecule has 0 saturated heterocycles. The summed E-state index contributed by atoms with van der Waals surface area (Å²) in [5.41, 5.74) is 6.33. The minimum absolute atomic E-state index is 0.396. The molecule has 2 aromatic carbocycles. The summed E-state index contributed by atoms with van der Waals surface area (Å²) in [5, 5.41) is 13.7. The average Bonchev–Trinajstić information content (AvgIpc) is 3.19. The molecule has 0 saturated carbocycles. The number of hydrogen-bond donors (Lipinski definition) is 0. The van der Waals surface area contributed by atoms with Gasteiger partial charge in [0.2, 0.25) is 0 Å². The number of hydrogen-bond acceptors (Lipinski definition) is 3. The highest BCUT2D eigenvalue weighted by molar-refractivity contribution is 5.81. The summed E-state index contributed by atoms with van der Waals surface area (Å²) in [6, 6.07) is 18.1. The van der Waals surface area contributed by atoms with Gasteiger partial charge >= 0.3 is 0 Å². The van der Waals surface area contributed by atoms with Gasteiger partial charge in [-0.15, -0.1) is 0 Å². The minimum Gasteiger partial charge on any atom is -0.334 e. The molecule has 4 aromatic rings. The molecular formula is C19H15N5. The van der Waals surface area contributed by atoms with Crippen molar-refractivity contribution in [3.8, 4) is 23.0 Å². The number of fused-ring (bicyclic) bond motifs is 1. The van der Waals surface area contributed by atoms with E-state index in [9.17, 15) is 5.26 Å². The summed E-state index contributed by atoms with van der Waals surface area (Å²) in [6.07, 6.45) is 1.80. The summed E-state index contributed by atoms with van der Waals surface area (Å²) in [7, 11) is 1.97. The van der Waals surface area contributed by atoms with Crippen LogP contribution in [0.15, 0.2) is 54.9 Å². The smallest absolute Gasteiger partial charge is 0.163 e. The molecule has 0 amide bonds. The van der Waals surface area contributed by atoms with Crippen molar-refractivity contribution in [2.45, 2.75) is 6.92 Å². The molecule has 0 aliphatic heterocycles. The predicted molar refractivity (Wildman–Crippen MR) is 92.7 cm³/mol. The molecule has 24 heavy (non-hydrogen) atoms. The van der Waals surface area contributed by atoms with Gasteiger partial charge in [0.05, 0.1) is 28.7 Å². The van der Waals surface area contributed by atoms with Crippen LogP contribution in [0.1, 0.15) is 11.3 Å². The Morgan fingerprint density at radius 2 is 1.96 bits per heavy atom. The standard InChI is InChI=1S/C19H15N5/c1-13-4-3-5-16(8-13)24-19(10-15(11-20)22-24)14-6-7-18-17(9-14)21-12-23(18)2/h3-10,12H,1-2H3. The van der Waals surface area contributed by atoms with Gasteiger partial charge in [-0.05, 0) is 36.8 Å². The van der Waals surface area contributed by atoms with Crippen molar-refractivity contribution < 1.29 is 0 Å². The van der Waals surface area contributed by atoms with Crippen LogP contribution in [-0.4, -0.2) is 19.3 Å². The van der Waals surface area contributed by atoms with E-state index in [4.69, 9.17) is 0 Å². The lowest BCUT2D eigenvalue weighted by Crippen LogP contribution is -1.99. The Morgan fingerprint density at radius 3 is 2.75 bits per heavy atom. The monoisotopic (exact) mass is 313 g/mol. The Labute approximate surface area is 139 Å². The Morgan fingerprint density at radius 1 is 1.08 bits per heavy atom. The largest absolute Gasteiger partial charge is 0.334 e. The number of rotatable bonds is 2. The van der Waals surface area contributed by atoms with Gasteiger partial charge < -0.3 is 4.57 Å². The summed E-state index contributed by atoms with van der Waals surface area (Å²) >= 11 is 0. The maximum absolute atomic E-state index is 9.26. The highest BCUT2D eigenvalue weighted by atomic mass is 15.3. The van der Waals surface area contributed by atoms with E-state index >= 15 is 0 Å². The van der Waals surface area contributed by atoms with E-state index in [1.807, 2.05) is 65.7 Å². The second-order valence-corrected chi connectivity index (χ2v) is 5.84. The summed E-state index contributed by atoms with van der Waals surface area (Å²) in [6.45, 7) is 2.04. The van der Waals surface area contributed by atoms with Crippen molar-refractivity contribution in [1.82, 2.24) is 19.3 Å². The van der Waals surface area contributed by atoms with Crippen molar-refractivity contribution in [3.05, 3.63) is 66.1 Å². The Hall–Kier alpha value is -3.39. The molecule has 4 rings (SSSR count). The van der Waals surface area contributed by atoms with Crippen LogP contribution in [0.5, 0.6) is 0 Å². The fraction of sp³-hybridized carbons (Fsp3) is 0.105. The van der Waals surface area contributed by atoms with Gasteiger partial charge in [-0.3, -0.25) is 0 Å². The Bertz CT molecular complexity index is 1090. The number of nitriles is 1. The van der Waals surface area contributed by atoms with Crippen LogP contribution in [0, 0.1) is 18.3 Å². The van der Waals surface area contributed by atoms with Crippen LogP contribution < -0.4 is 0 Å². The topological polar surface area (TPSA) is 59.4 Å². The Balaban J connectivity index is 1.93. The lowest BCUT2D eigenvalue weighted by atomic mass is 10.1. The van der Waals surface area contributed by atoms with Gasteiger partial charge in [-0.1, -0.05) is 18.2 Å². The van der Waals surface area contributed by atoms with Gasteiger partial charge in [0.25, 0.3) is 0 Å². The number of imidazole rings is 1. The molecular weight excluding hydrogens is 298 g/mol. The molecule has 0 unspecified atom stereocenters. The molecule has 2 heterocycles. The third-order valence-corrected chi connectivity index (χ3v) is 4.09. The van der Waals surface area contributed by atoms with Crippen LogP contribution in [0.4, 0.5) is 0 Å². The summed E-state index contributed by atoms with van der Waals surface area (Å²) in [4.78, 5) is 4.42. The molecule has 5 nitrogen and oxygen atoms in total. The molecule has 5 heteroatoms. The first kappa shape index (κ1) is 14.2. The number of nitrogens with zero attached hydrogens (tertiary/aromatic N) is 5. The predicted octanol–water partition coefficient (Wildman–Crippen LogP) is 3.61. The van der Waals surface area contributed by atoms with Crippen LogP contribution >= 0.6 is 0 Å². The van der Waals surface area contributed by atoms with Crippen LogP contribution in [0.2, 0.25) is 0 Å². The number of benzene rings is 2. The van der Waals surface area contributed by atoms with Crippen LogP contribution in [-0.2, 0) is 7.05 Å². The average molecular weight is 313 g/mol. The molecule has 0 bridgehead atoms. The van der Waals surface area contributed by atoms with Gasteiger partial charge in [0.1, 0.15) is 6.07 Å². The zero-order chi connectivity index (χ0) is 16.7. The normalized spacial score (nSPS) is 10.9. The second kappa shape index (κ2) is 5.36. The highest BCUT2D eigenvalue weighted by Gasteiger charge is 2.13. The van der Waals surface area contributed by atoms with Gasteiger partial charge in [-0.2, -0.15) is 10.4 Å². The van der Waals surface area contributed by atoms with Crippen LogP contribution in [0.25, 0.3) is 28.0 Å². The minimum atomic E-state index is 0.396. The van der Waals surface area contributed by atoms with E-state index in [0.717, 1.165) is 33.5 Å². The van der Waals surface area contributed by atoms with E-state index in [1.54, 1.807) is 6.33 Å². The number of aryl methyl sites for hydroxylation is 2. The quantitative estimate of drug-likeness (QED) is 0.568. The fourth-order valence-corrected chi connectivity index (χ4v) is 2.89. The fourth-order valence-electron chi connectivity index (χ4n) is 2.89.